The molecule has 2 amide bonds. The molecule has 7 heteroatoms. The Balaban J connectivity index is 2.65. The highest BCUT2D eigenvalue weighted by Crippen LogP contribution is 2.08. The van der Waals surface area contributed by atoms with Gasteiger partial charge in [-0.15, -0.1) is 0 Å². The summed E-state index contributed by atoms with van der Waals surface area (Å²) in [6, 6.07) is 7.71. The van der Waals surface area contributed by atoms with Crippen molar-refractivity contribution in [2.45, 2.75) is 58.7 Å². The molecule has 0 aliphatic rings. The molecular formula is C20H30N2O5. The molecule has 27 heavy (non-hydrogen) atoms. The van der Waals surface area contributed by atoms with Crippen molar-refractivity contribution in [1.29, 1.82) is 0 Å². The molecule has 0 saturated heterocycles. The van der Waals surface area contributed by atoms with Crippen molar-refractivity contribution in [3.05, 3.63) is 35.9 Å². The van der Waals surface area contributed by atoms with Crippen molar-refractivity contribution >= 4 is 18.0 Å². The van der Waals surface area contributed by atoms with Crippen molar-refractivity contribution in [1.82, 2.24) is 10.6 Å². The van der Waals surface area contributed by atoms with E-state index in [0.29, 0.717) is 6.42 Å². The minimum Gasteiger partial charge on any atom is -0.467 e. The molecule has 0 saturated carbocycles. The van der Waals surface area contributed by atoms with E-state index in [1.807, 2.05) is 37.3 Å². The number of nitrogens with one attached hydrogen (secondary N) is 2. The van der Waals surface area contributed by atoms with Gasteiger partial charge in [-0.25, -0.2) is 9.59 Å². The lowest BCUT2D eigenvalue weighted by atomic mass is 10.0. The Morgan fingerprint density at radius 2 is 1.74 bits per heavy atom. The van der Waals surface area contributed by atoms with Gasteiger partial charge in [0.25, 0.3) is 0 Å². The molecule has 0 heterocycles. The number of amides is 2. The zero-order valence-electron chi connectivity index (χ0n) is 16.5. The SMILES string of the molecule is CCCC[C@@H](NC(=O)[C@@H](NC(=O)OCc1ccccc1)C(C)C)C(=O)OC. The van der Waals surface area contributed by atoms with E-state index < -0.39 is 30.1 Å². The fourth-order valence-electron chi connectivity index (χ4n) is 2.49. The van der Waals surface area contributed by atoms with Crippen molar-refractivity contribution < 1.29 is 23.9 Å². The highest BCUT2D eigenvalue weighted by molar-refractivity contribution is 5.89. The lowest BCUT2D eigenvalue weighted by Gasteiger charge is -2.24. The van der Waals surface area contributed by atoms with Crippen LogP contribution in [0.4, 0.5) is 4.79 Å². The van der Waals surface area contributed by atoms with Gasteiger partial charge in [0.1, 0.15) is 18.7 Å². The summed E-state index contributed by atoms with van der Waals surface area (Å²) in [6.45, 7) is 5.72. The standard InChI is InChI=1S/C20H30N2O5/c1-5-6-12-16(19(24)26-4)21-18(23)17(14(2)3)22-20(25)27-13-15-10-8-7-9-11-15/h7-11,14,16-17H,5-6,12-13H2,1-4H3,(H,21,23)(H,22,25)/t16-,17+/m1/s1. The van der Waals surface area contributed by atoms with Crippen LogP contribution in [0.5, 0.6) is 0 Å². The molecule has 0 fully saturated rings. The zero-order chi connectivity index (χ0) is 20.2. The Bertz CT molecular complexity index is 604. The minimum atomic E-state index is -0.818. The third kappa shape index (κ3) is 8.11. The van der Waals surface area contributed by atoms with Crippen molar-refractivity contribution in [2.24, 2.45) is 5.92 Å². The van der Waals surface area contributed by atoms with Crippen LogP contribution in [0.25, 0.3) is 0 Å². The van der Waals surface area contributed by atoms with Crippen LogP contribution in [0.15, 0.2) is 30.3 Å². The predicted octanol–water partition coefficient (Wildman–Crippen LogP) is 2.79. The van der Waals surface area contributed by atoms with Gasteiger partial charge < -0.3 is 20.1 Å². The highest BCUT2D eigenvalue weighted by Gasteiger charge is 2.29. The number of benzene rings is 1. The maximum atomic E-state index is 12.6. The van der Waals surface area contributed by atoms with Crippen molar-refractivity contribution in [2.75, 3.05) is 7.11 Å². The number of hydrogen-bond acceptors (Lipinski definition) is 5. The molecule has 1 aromatic rings. The third-order valence-corrected chi connectivity index (χ3v) is 4.08. The molecule has 150 valence electrons. The summed E-state index contributed by atoms with van der Waals surface area (Å²) < 4.78 is 9.93. The smallest absolute Gasteiger partial charge is 0.408 e. The number of rotatable bonds is 10. The normalized spacial score (nSPS) is 12.8. The minimum absolute atomic E-state index is 0.112. The van der Waals surface area contributed by atoms with Gasteiger partial charge in [-0.05, 0) is 17.9 Å². The summed E-state index contributed by atoms with van der Waals surface area (Å²) in [4.78, 5) is 36.6. The van der Waals surface area contributed by atoms with E-state index in [2.05, 4.69) is 10.6 Å². The molecule has 0 spiro atoms. The Labute approximate surface area is 160 Å². The van der Waals surface area contributed by atoms with Crippen LogP contribution in [0.2, 0.25) is 0 Å². The zero-order valence-corrected chi connectivity index (χ0v) is 16.5. The van der Waals surface area contributed by atoms with Gasteiger partial charge in [0.05, 0.1) is 7.11 Å². The average Bonchev–Trinajstić information content (AvgIpc) is 2.67. The van der Waals surface area contributed by atoms with Gasteiger partial charge in [0.15, 0.2) is 0 Å². The Hall–Kier alpha value is -2.57. The van der Waals surface area contributed by atoms with Gasteiger partial charge in [-0.1, -0.05) is 63.9 Å². The molecule has 1 aromatic carbocycles. The number of alkyl carbamates (subject to hydrolysis) is 1. The lowest BCUT2D eigenvalue weighted by Crippen LogP contribution is -2.53. The molecule has 0 aliphatic heterocycles. The maximum Gasteiger partial charge on any atom is 0.408 e. The van der Waals surface area contributed by atoms with Crippen molar-refractivity contribution in [3.63, 3.8) is 0 Å². The van der Waals surface area contributed by atoms with Gasteiger partial charge in [0.2, 0.25) is 5.91 Å². The monoisotopic (exact) mass is 378 g/mol. The van der Waals surface area contributed by atoms with Crippen LogP contribution >= 0.6 is 0 Å². The van der Waals surface area contributed by atoms with E-state index in [4.69, 9.17) is 9.47 Å². The lowest BCUT2D eigenvalue weighted by molar-refractivity contribution is -0.145. The van der Waals surface area contributed by atoms with Crippen LogP contribution in [0, 0.1) is 5.92 Å². The second kappa shape index (κ2) is 11.9. The molecule has 2 atom stereocenters. The number of hydrogen-bond donors (Lipinski definition) is 2. The second-order valence-corrected chi connectivity index (χ2v) is 6.65. The largest absolute Gasteiger partial charge is 0.467 e. The van der Waals surface area contributed by atoms with Crippen LogP contribution in [0.3, 0.4) is 0 Å². The topological polar surface area (TPSA) is 93.7 Å². The molecule has 7 nitrogen and oxygen atoms in total. The first-order chi connectivity index (χ1) is 12.9. The number of esters is 1. The van der Waals surface area contributed by atoms with Crippen molar-refractivity contribution in [3.8, 4) is 0 Å². The van der Waals surface area contributed by atoms with Crippen LogP contribution < -0.4 is 10.6 Å². The molecule has 0 radical (unpaired) electrons. The summed E-state index contributed by atoms with van der Waals surface area (Å²) in [6.07, 6.45) is 1.47. The van der Waals surface area contributed by atoms with Gasteiger partial charge in [-0.3, -0.25) is 4.79 Å². The fourth-order valence-corrected chi connectivity index (χ4v) is 2.49. The van der Waals surface area contributed by atoms with Crippen LogP contribution in [0.1, 0.15) is 45.6 Å². The van der Waals surface area contributed by atoms with E-state index >= 15 is 0 Å². The van der Waals surface area contributed by atoms with E-state index in [9.17, 15) is 14.4 Å². The summed E-state index contributed by atoms with van der Waals surface area (Å²) in [5, 5.41) is 5.26. The number of carbonyl (C=O) groups excluding carboxylic acids is 3. The van der Waals surface area contributed by atoms with Gasteiger partial charge in [-0.2, -0.15) is 0 Å². The molecule has 0 unspecified atom stereocenters. The fraction of sp³-hybridized carbons (Fsp3) is 0.550. The second-order valence-electron chi connectivity index (χ2n) is 6.65. The third-order valence-electron chi connectivity index (χ3n) is 4.08. The number of carbonyl (C=O) groups is 3. The summed E-state index contributed by atoms with van der Waals surface area (Å²) in [5.41, 5.74) is 0.850. The number of methoxy groups -OCH3 is 1. The molecule has 0 aliphatic carbocycles. The maximum absolute atomic E-state index is 12.6. The summed E-state index contributed by atoms with van der Waals surface area (Å²) >= 11 is 0. The molecule has 2 N–H and O–H groups in total. The Morgan fingerprint density at radius 3 is 2.30 bits per heavy atom. The van der Waals surface area contributed by atoms with Crippen LogP contribution in [-0.2, 0) is 25.7 Å². The Morgan fingerprint density at radius 1 is 1.07 bits per heavy atom. The van der Waals surface area contributed by atoms with E-state index in [0.717, 1.165) is 18.4 Å². The van der Waals surface area contributed by atoms with Crippen LogP contribution in [-0.4, -0.2) is 37.2 Å². The first-order valence-electron chi connectivity index (χ1n) is 9.24. The van der Waals surface area contributed by atoms with Gasteiger partial charge >= 0.3 is 12.1 Å². The highest BCUT2D eigenvalue weighted by atomic mass is 16.5. The summed E-state index contributed by atoms with van der Waals surface area (Å²) in [7, 11) is 1.28. The summed E-state index contributed by atoms with van der Waals surface area (Å²) in [5.74, 6) is -1.11. The molecular weight excluding hydrogens is 348 g/mol. The van der Waals surface area contributed by atoms with E-state index in [1.54, 1.807) is 13.8 Å². The number of ether oxygens (including phenoxy) is 2. The van der Waals surface area contributed by atoms with Gasteiger partial charge in [0, 0.05) is 0 Å². The quantitative estimate of drug-likeness (QED) is 0.611. The molecule has 0 aromatic heterocycles. The Kier molecular flexibility index (Phi) is 9.93. The molecule has 1 rings (SSSR count). The molecule has 0 bridgehead atoms. The average molecular weight is 378 g/mol. The predicted molar refractivity (Wildman–Crippen MR) is 102 cm³/mol. The van der Waals surface area contributed by atoms with E-state index in [1.165, 1.54) is 7.11 Å². The first kappa shape index (κ1) is 22.5. The number of unbranched alkanes of at least 4 members (excludes halogenated alkanes) is 1. The first-order valence-corrected chi connectivity index (χ1v) is 9.24. The van der Waals surface area contributed by atoms with E-state index in [-0.39, 0.29) is 12.5 Å².